The number of hydrogen-bond donors (Lipinski definition) is 2. The zero-order chi connectivity index (χ0) is 17.9. The molecule has 0 fully saturated rings. The second-order valence-electron chi connectivity index (χ2n) is 5.65. The average molecular weight is 454 g/mol. The maximum atomic E-state index is 6.24. The third kappa shape index (κ3) is 3.41. The number of rotatable bonds is 4. The van der Waals surface area contributed by atoms with Gasteiger partial charge in [0.05, 0.1) is 0 Å². The lowest BCUT2D eigenvalue weighted by Gasteiger charge is -2.13. The van der Waals surface area contributed by atoms with Crippen LogP contribution in [0.15, 0.2) is 73.1 Å². The monoisotopic (exact) mass is 454 g/mol. The van der Waals surface area contributed by atoms with E-state index in [0.29, 0.717) is 23.1 Å². The molecule has 6 heteroatoms. The minimum Gasteiger partial charge on any atom is -0.436 e. The number of nitrogens with two attached hydrogens (primary N) is 1. The molecule has 3 aromatic carbocycles. The number of fused-ring (bicyclic) bond motifs is 1. The Morgan fingerprint density at radius 3 is 2.50 bits per heavy atom. The van der Waals surface area contributed by atoms with Crippen molar-refractivity contribution in [3.63, 3.8) is 0 Å². The molecule has 4 rings (SSSR count). The SMILES string of the molecule is Nc1c(Nc2ccc(I)cc2)ncnc1Oc1cccc2ccccc12. The van der Waals surface area contributed by atoms with E-state index in [1.807, 2.05) is 66.7 Å². The minimum atomic E-state index is 0.323. The van der Waals surface area contributed by atoms with Crippen molar-refractivity contribution in [2.24, 2.45) is 0 Å². The molecule has 0 spiro atoms. The van der Waals surface area contributed by atoms with Crippen LogP contribution in [0.2, 0.25) is 0 Å². The van der Waals surface area contributed by atoms with Crippen LogP contribution in [0.1, 0.15) is 0 Å². The molecule has 1 heterocycles. The number of halogens is 1. The standard InChI is InChI=1S/C20H15IN4O/c21-14-8-10-15(11-9-14)25-19-18(22)20(24-12-23-19)26-17-7-3-5-13-4-1-2-6-16(13)17/h1-12H,22H2,(H,23,24,25). The van der Waals surface area contributed by atoms with Crippen LogP contribution < -0.4 is 15.8 Å². The molecule has 0 saturated heterocycles. The highest BCUT2D eigenvalue weighted by Gasteiger charge is 2.12. The summed E-state index contributed by atoms with van der Waals surface area (Å²) in [5.74, 6) is 1.54. The maximum Gasteiger partial charge on any atom is 0.248 e. The fourth-order valence-electron chi connectivity index (χ4n) is 2.62. The summed E-state index contributed by atoms with van der Waals surface area (Å²) < 4.78 is 7.16. The molecule has 26 heavy (non-hydrogen) atoms. The topological polar surface area (TPSA) is 73.1 Å². The molecule has 4 aromatic rings. The van der Waals surface area contributed by atoms with Crippen LogP contribution in [-0.2, 0) is 0 Å². The van der Waals surface area contributed by atoms with Gasteiger partial charge in [0.1, 0.15) is 17.8 Å². The number of benzene rings is 3. The molecule has 0 saturated carbocycles. The summed E-state index contributed by atoms with van der Waals surface area (Å²) in [6.45, 7) is 0. The quantitative estimate of drug-likeness (QED) is 0.407. The molecule has 0 aliphatic rings. The third-order valence-corrected chi connectivity index (χ3v) is 4.63. The molecule has 0 aliphatic carbocycles. The molecule has 0 radical (unpaired) electrons. The number of hydrogen-bond acceptors (Lipinski definition) is 5. The normalized spacial score (nSPS) is 10.7. The molecule has 0 bridgehead atoms. The zero-order valence-electron chi connectivity index (χ0n) is 13.7. The van der Waals surface area contributed by atoms with Gasteiger partial charge < -0.3 is 15.8 Å². The third-order valence-electron chi connectivity index (χ3n) is 3.91. The first kappa shape index (κ1) is 16.6. The molecule has 1 aromatic heterocycles. The Balaban J connectivity index is 1.66. The minimum absolute atomic E-state index is 0.323. The van der Waals surface area contributed by atoms with Crippen LogP contribution >= 0.6 is 22.6 Å². The van der Waals surface area contributed by atoms with Gasteiger partial charge in [-0.2, -0.15) is 4.98 Å². The summed E-state index contributed by atoms with van der Waals surface area (Å²) in [4.78, 5) is 8.43. The zero-order valence-corrected chi connectivity index (χ0v) is 15.8. The van der Waals surface area contributed by atoms with Gasteiger partial charge in [-0.15, -0.1) is 0 Å². The van der Waals surface area contributed by atoms with Crippen molar-refractivity contribution in [1.82, 2.24) is 9.97 Å². The van der Waals surface area contributed by atoms with Gasteiger partial charge >= 0.3 is 0 Å². The summed E-state index contributed by atoms with van der Waals surface area (Å²) in [6.07, 6.45) is 1.44. The van der Waals surface area contributed by atoms with Crippen molar-refractivity contribution >= 4 is 50.6 Å². The first-order chi connectivity index (χ1) is 12.7. The van der Waals surface area contributed by atoms with Gasteiger partial charge in [0, 0.05) is 14.6 Å². The van der Waals surface area contributed by atoms with Gasteiger partial charge in [0.15, 0.2) is 5.82 Å². The Bertz CT molecular complexity index is 1060. The summed E-state index contributed by atoms with van der Waals surface area (Å²) >= 11 is 2.26. The maximum absolute atomic E-state index is 6.24. The van der Waals surface area contributed by atoms with E-state index in [4.69, 9.17) is 10.5 Å². The molecular weight excluding hydrogens is 439 g/mol. The van der Waals surface area contributed by atoms with E-state index in [2.05, 4.69) is 37.9 Å². The first-order valence-corrected chi connectivity index (χ1v) is 9.07. The molecule has 0 atom stereocenters. The fraction of sp³-hybridized carbons (Fsp3) is 0. The van der Waals surface area contributed by atoms with Gasteiger partial charge in [0.2, 0.25) is 5.88 Å². The van der Waals surface area contributed by atoms with Crippen LogP contribution in [0.25, 0.3) is 10.8 Å². The Hall–Kier alpha value is -2.87. The highest BCUT2D eigenvalue weighted by molar-refractivity contribution is 14.1. The predicted molar refractivity (Wildman–Crippen MR) is 113 cm³/mol. The summed E-state index contributed by atoms with van der Waals surface area (Å²) in [6, 6.07) is 21.8. The van der Waals surface area contributed by atoms with Crippen molar-refractivity contribution in [3.05, 3.63) is 76.6 Å². The van der Waals surface area contributed by atoms with E-state index < -0.39 is 0 Å². The fourth-order valence-corrected chi connectivity index (χ4v) is 2.98. The van der Waals surface area contributed by atoms with Crippen LogP contribution in [0, 0.1) is 3.57 Å². The molecule has 0 aliphatic heterocycles. The number of anilines is 3. The van der Waals surface area contributed by atoms with E-state index in [9.17, 15) is 0 Å². The van der Waals surface area contributed by atoms with Crippen molar-refractivity contribution in [3.8, 4) is 11.6 Å². The molecule has 3 N–H and O–H groups in total. The largest absolute Gasteiger partial charge is 0.436 e. The number of nitrogens with zero attached hydrogens (tertiary/aromatic N) is 2. The smallest absolute Gasteiger partial charge is 0.248 e. The van der Waals surface area contributed by atoms with Crippen molar-refractivity contribution < 1.29 is 4.74 Å². The molecular formula is C20H15IN4O. The van der Waals surface area contributed by atoms with Crippen molar-refractivity contribution in [2.45, 2.75) is 0 Å². The van der Waals surface area contributed by atoms with Crippen molar-refractivity contribution in [2.75, 3.05) is 11.1 Å². The summed E-state index contributed by atoms with van der Waals surface area (Å²) in [5, 5.41) is 5.30. The Morgan fingerprint density at radius 1 is 0.885 bits per heavy atom. The average Bonchev–Trinajstić information content (AvgIpc) is 2.67. The van der Waals surface area contributed by atoms with Gasteiger partial charge in [0.25, 0.3) is 0 Å². The number of nitrogen functional groups attached to an aromatic ring is 1. The molecule has 5 nitrogen and oxygen atoms in total. The van der Waals surface area contributed by atoms with Crippen LogP contribution in [0.4, 0.5) is 17.2 Å². The Kier molecular flexibility index (Phi) is 4.57. The van der Waals surface area contributed by atoms with E-state index in [-0.39, 0.29) is 0 Å². The molecule has 0 amide bonds. The summed E-state index contributed by atoms with van der Waals surface area (Å²) in [7, 11) is 0. The van der Waals surface area contributed by atoms with Gasteiger partial charge in [-0.05, 0) is 58.3 Å². The van der Waals surface area contributed by atoms with E-state index in [1.165, 1.54) is 6.33 Å². The molecule has 0 unspecified atom stereocenters. The lowest BCUT2D eigenvalue weighted by atomic mass is 10.1. The lowest BCUT2D eigenvalue weighted by molar-refractivity contribution is 0.470. The van der Waals surface area contributed by atoms with Gasteiger partial charge in [-0.3, -0.25) is 0 Å². The van der Waals surface area contributed by atoms with Crippen LogP contribution in [0.5, 0.6) is 11.6 Å². The highest BCUT2D eigenvalue weighted by atomic mass is 127. The van der Waals surface area contributed by atoms with Crippen LogP contribution in [0.3, 0.4) is 0 Å². The van der Waals surface area contributed by atoms with E-state index in [1.54, 1.807) is 0 Å². The van der Waals surface area contributed by atoms with Gasteiger partial charge in [-0.25, -0.2) is 4.98 Å². The first-order valence-electron chi connectivity index (χ1n) is 7.99. The number of ether oxygens (including phenoxy) is 1. The van der Waals surface area contributed by atoms with E-state index >= 15 is 0 Å². The summed E-state index contributed by atoms with van der Waals surface area (Å²) in [5.41, 5.74) is 7.49. The second kappa shape index (κ2) is 7.17. The molecule has 128 valence electrons. The predicted octanol–water partition coefficient (Wildman–Crippen LogP) is 5.35. The Labute approximate surface area is 164 Å². The van der Waals surface area contributed by atoms with Gasteiger partial charge in [-0.1, -0.05) is 36.4 Å². The highest BCUT2D eigenvalue weighted by Crippen LogP contribution is 2.34. The number of nitrogens with one attached hydrogen (secondary N) is 1. The van der Waals surface area contributed by atoms with Crippen LogP contribution in [-0.4, -0.2) is 9.97 Å². The number of aromatic nitrogens is 2. The van der Waals surface area contributed by atoms with Crippen molar-refractivity contribution in [1.29, 1.82) is 0 Å². The second-order valence-corrected chi connectivity index (χ2v) is 6.90. The lowest BCUT2D eigenvalue weighted by Crippen LogP contribution is -2.03. The Morgan fingerprint density at radius 2 is 1.65 bits per heavy atom. The van der Waals surface area contributed by atoms with E-state index in [0.717, 1.165) is 20.0 Å².